The van der Waals surface area contributed by atoms with Crippen LogP contribution in [-0.2, 0) is 10.0 Å². The zero-order valence-corrected chi connectivity index (χ0v) is 19.3. The molecule has 34 heavy (non-hydrogen) atoms. The van der Waals surface area contributed by atoms with Gasteiger partial charge in [-0.25, -0.2) is 4.52 Å². The van der Waals surface area contributed by atoms with Crippen molar-refractivity contribution in [3.63, 3.8) is 0 Å². The van der Waals surface area contributed by atoms with E-state index >= 15 is 0 Å². The molecule has 0 bridgehead atoms. The van der Waals surface area contributed by atoms with Crippen LogP contribution in [0, 0.1) is 28.4 Å². The summed E-state index contributed by atoms with van der Waals surface area (Å²) in [5, 5.41) is 28.9. The van der Waals surface area contributed by atoms with E-state index in [2.05, 4.69) is 21.2 Å². The second-order valence-electron chi connectivity index (χ2n) is 8.01. The van der Waals surface area contributed by atoms with Crippen LogP contribution in [-0.4, -0.2) is 64.7 Å². The second-order valence-corrected chi connectivity index (χ2v) is 9.82. The van der Waals surface area contributed by atoms with E-state index in [-0.39, 0.29) is 17.1 Å². The fourth-order valence-electron chi connectivity index (χ4n) is 3.86. The van der Waals surface area contributed by atoms with Crippen LogP contribution in [0.4, 0.5) is 5.69 Å². The minimum absolute atomic E-state index is 0.0869. The molecular formula is C22H23N7O4S. The minimum Gasteiger partial charge on any atom is -0.301 e. The molecule has 1 saturated heterocycles. The molecule has 0 N–H and O–H groups in total. The van der Waals surface area contributed by atoms with E-state index in [1.807, 2.05) is 0 Å². The lowest BCUT2D eigenvalue weighted by molar-refractivity contribution is -0.385. The summed E-state index contributed by atoms with van der Waals surface area (Å²) in [7, 11) is -4.17. The van der Waals surface area contributed by atoms with Crippen molar-refractivity contribution in [3.05, 3.63) is 69.5 Å². The van der Waals surface area contributed by atoms with E-state index in [1.165, 1.54) is 24.5 Å². The van der Waals surface area contributed by atoms with Gasteiger partial charge in [0.2, 0.25) is 0 Å². The van der Waals surface area contributed by atoms with Crippen LogP contribution in [0.25, 0.3) is 5.52 Å². The summed E-state index contributed by atoms with van der Waals surface area (Å²) in [5.74, 6) is 0. The van der Waals surface area contributed by atoms with Crippen LogP contribution in [0.2, 0.25) is 0 Å². The highest BCUT2D eigenvalue weighted by molar-refractivity contribution is 7.89. The number of sulfonamides is 1. The molecule has 0 saturated carbocycles. The van der Waals surface area contributed by atoms with Crippen molar-refractivity contribution < 1.29 is 13.3 Å². The van der Waals surface area contributed by atoms with Crippen LogP contribution in [0.3, 0.4) is 0 Å². The van der Waals surface area contributed by atoms with Crippen molar-refractivity contribution >= 4 is 27.4 Å². The topological polar surface area (TPSA) is 137 Å². The molecule has 1 aromatic carbocycles. The molecule has 3 heterocycles. The summed E-state index contributed by atoms with van der Waals surface area (Å²) in [6.45, 7) is 3.94. The first-order chi connectivity index (χ1) is 16.3. The molecule has 1 aliphatic heterocycles. The fourth-order valence-corrected chi connectivity index (χ4v) is 5.33. The van der Waals surface area contributed by atoms with Gasteiger partial charge in [-0.1, -0.05) is 6.07 Å². The van der Waals surface area contributed by atoms with Crippen LogP contribution >= 0.6 is 0 Å². The van der Waals surface area contributed by atoms with E-state index < -0.39 is 14.9 Å². The van der Waals surface area contributed by atoms with Crippen molar-refractivity contribution in [3.8, 4) is 6.07 Å². The van der Waals surface area contributed by atoms with E-state index in [9.17, 15) is 23.8 Å². The van der Waals surface area contributed by atoms with E-state index in [0.29, 0.717) is 28.8 Å². The zero-order valence-electron chi connectivity index (χ0n) is 18.5. The Morgan fingerprint density at radius 3 is 2.76 bits per heavy atom. The van der Waals surface area contributed by atoms with Crippen molar-refractivity contribution in [2.45, 2.75) is 24.7 Å². The number of nitriles is 1. The van der Waals surface area contributed by atoms with E-state index in [0.717, 1.165) is 36.4 Å². The van der Waals surface area contributed by atoms with Gasteiger partial charge in [0.25, 0.3) is 15.7 Å². The maximum absolute atomic E-state index is 13.6. The molecule has 1 aliphatic rings. The second kappa shape index (κ2) is 9.58. The number of rotatable bonds is 8. The Kier molecular flexibility index (Phi) is 6.58. The van der Waals surface area contributed by atoms with Crippen molar-refractivity contribution in [1.29, 1.82) is 5.26 Å². The molecule has 12 heteroatoms. The Morgan fingerprint density at radius 2 is 2.06 bits per heavy atom. The third kappa shape index (κ3) is 4.75. The van der Waals surface area contributed by atoms with Crippen LogP contribution in [0.15, 0.2) is 52.7 Å². The molecule has 0 aliphatic carbocycles. The Hall–Kier alpha value is -3.82. The SMILES string of the molecule is Cc1ccc([N+](=O)[O-])cc1S(=O)(=O)N(CCN1CCCC1)N=Cc1cnn2ccc(C#N)cc12. The molecule has 0 unspecified atom stereocenters. The first-order valence-corrected chi connectivity index (χ1v) is 12.2. The number of aromatic nitrogens is 2. The summed E-state index contributed by atoms with van der Waals surface area (Å²) in [5.41, 5.74) is 1.66. The molecule has 0 amide bonds. The standard InChI is InChI=1S/C22H23N7O4S/c1-17-4-5-20(29(30)31)13-22(17)34(32,33)28(11-10-26-7-2-3-8-26)25-16-19-15-24-27-9-6-18(14-23)12-21(19)27/h4-6,9,12-13,15-16H,2-3,7-8,10-11H2,1H3. The predicted octanol–water partition coefficient (Wildman–Crippen LogP) is 2.54. The first-order valence-electron chi connectivity index (χ1n) is 10.7. The molecule has 1 fully saturated rings. The number of hydrogen-bond acceptors (Lipinski definition) is 8. The largest absolute Gasteiger partial charge is 0.301 e. The molecule has 2 aromatic heterocycles. The smallest absolute Gasteiger partial charge is 0.279 e. The number of pyridine rings is 1. The number of hydrogen-bond donors (Lipinski definition) is 0. The van der Waals surface area contributed by atoms with Gasteiger partial charge in [-0.05, 0) is 50.6 Å². The summed E-state index contributed by atoms with van der Waals surface area (Å²) in [6.07, 6.45) is 6.68. The monoisotopic (exact) mass is 481 g/mol. The van der Waals surface area contributed by atoms with Gasteiger partial charge in [0.1, 0.15) is 0 Å². The lowest BCUT2D eigenvalue weighted by Gasteiger charge is -2.23. The number of hydrazone groups is 1. The molecular weight excluding hydrogens is 458 g/mol. The molecule has 0 radical (unpaired) electrons. The van der Waals surface area contributed by atoms with Gasteiger partial charge in [-0.3, -0.25) is 10.1 Å². The molecule has 11 nitrogen and oxygen atoms in total. The summed E-state index contributed by atoms with van der Waals surface area (Å²) < 4.78 is 29.7. The normalized spacial score (nSPS) is 14.6. The lowest BCUT2D eigenvalue weighted by atomic mass is 10.2. The minimum atomic E-state index is -4.17. The van der Waals surface area contributed by atoms with Crippen LogP contribution < -0.4 is 0 Å². The predicted molar refractivity (Wildman–Crippen MR) is 125 cm³/mol. The van der Waals surface area contributed by atoms with Crippen molar-refractivity contribution in [1.82, 2.24) is 18.9 Å². The number of aryl methyl sites for hydroxylation is 1. The Bertz CT molecular complexity index is 1400. The number of fused-ring (bicyclic) bond motifs is 1. The van der Waals surface area contributed by atoms with E-state index in [4.69, 9.17) is 0 Å². The third-order valence-electron chi connectivity index (χ3n) is 5.75. The van der Waals surface area contributed by atoms with Gasteiger partial charge in [0, 0.05) is 30.4 Å². The quantitative estimate of drug-likeness (QED) is 0.274. The molecule has 0 atom stereocenters. The van der Waals surface area contributed by atoms with Crippen LogP contribution in [0.5, 0.6) is 0 Å². The number of nitro groups is 1. The van der Waals surface area contributed by atoms with Crippen molar-refractivity contribution in [2.75, 3.05) is 26.2 Å². The number of non-ortho nitro benzene ring substituents is 1. The lowest BCUT2D eigenvalue weighted by Crippen LogP contribution is -2.35. The zero-order chi connectivity index (χ0) is 24.3. The van der Waals surface area contributed by atoms with Gasteiger partial charge in [-0.2, -0.15) is 28.3 Å². The summed E-state index contributed by atoms with van der Waals surface area (Å²) in [4.78, 5) is 12.6. The maximum Gasteiger partial charge on any atom is 0.279 e. The highest BCUT2D eigenvalue weighted by Crippen LogP contribution is 2.25. The average molecular weight is 482 g/mol. The van der Waals surface area contributed by atoms with Crippen molar-refractivity contribution in [2.24, 2.45) is 5.10 Å². The number of nitrogens with zero attached hydrogens (tertiary/aromatic N) is 7. The molecule has 176 valence electrons. The van der Waals surface area contributed by atoms with Gasteiger partial charge in [-0.15, -0.1) is 0 Å². The van der Waals surface area contributed by atoms with Gasteiger partial charge >= 0.3 is 0 Å². The Labute approximate surface area is 196 Å². The Morgan fingerprint density at radius 1 is 1.29 bits per heavy atom. The Balaban J connectivity index is 1.71. The average Bonchev–Trinajstić information content (AvgIpc) is 3.48. The summed E-state index contributed by atoms with van der Waals surface area (Å²) in [6, 6.07) is 9.09. The number of nitro benzene ring substituents is 1. The van der Waals surface area contributed by atoms with Gasteiger partial charge in [0.15, 0.2) is 0 Å². The third-order valence-corrected chi connectivity index (χ3v) is 7.58. The first kappa shape index (κ1) is 23.3. The van der Waals surface area contributed by atoms with Gasteiger partial charge < -0.3 is 4.90 Å². The van der Waals surface area contributed by atoms with Gasteiger partial charge in [0.05, 0.1) is 45.9 Å². The fraction of sp³-hybridized carbons (Fsp3) is 0.318. The number of benzene rings is 1. The number of likely N-dealkylation sites (tertiary alicyclic amines) is 1. The van der Waals surface area contributed by atoms with Crippen LogP contribution in [0.1, 0.15) is 29.5 Å². The molecule has 4 rings (SSSR count). The molecule has 3 aromatic rings. The maximum atomic E-state index is 13.6. The molecule has 0 spiro atoms. The highest BCUT2D eigenvalue weighted by atomic mass is 32.2. The highest BCUT2D eigenvalue weighted by Gasteiger charge is 2.28. The summed E-state index contributed by atoms with van der Waals surface area (Å²) >= 11 is 0. The van der Waals surface area contributed by atoms with E-state index in [1.54, 1.807) is 29.8 Å².